The van der Waals surface area contributed by atoms with Crippen molar-refractivity contribution in [3.8, 4) is 5.75 Å². The second-order valence-corrected chi connectivity index (χ2v) is 3.00. The highest BCUT2D eigenvalue weighted by atomic mass is 35.5. The molecule has 0 aliphatic carbocycles. The Morgan fingerprint density at radius 3 is 2.77 bits per heavy atom. The molecular formula is C8H8ClFN2O. The van der Waals surface area contributed by atoms with Crippen LogP contribution in [0.15, 0.2) is 12.1 Å². The Morgan fingerprint density at radius 2 is 2.23 bits per heavy atom. The highest BCUT2D eigenvalue weighted by Gasteiger charge is 2.09. The number of hydrogen-bond acceptors (Lipinski definition) is 2. The standard InChI is InChI=1S/C8H8ClFN2O/c9-6-3-5(10)1-4(8(6)13)2-7(11)12/h1,3,13H,2H2,(H3,11,12). The quantitative estimate of drug-likeness (QED) is 0.504. The number of benzene rings is 1. The van der Waals surface area contributed by atoms with Gasteiger partial charge in [-0.2, -0.15) is 0 Å². The lowest BCUT2D eigenvalue weighted by atomic mass is 10.1. The summed E-state index contributed by atoms with van der Waals surface area (Å²) in [6.07, 6.45) is -0.0106. The predicted molar refractivity (Wildman–Crippen MR) is 48.7 cm³/mol. The summed E-state index contributed by atoms with van der Waals surface area (Å²) in [6, 6.07) is 2.10. The number of rotatable bonds is 2. The number of nitrogens with two attached hydrogens (primary N) is 1. The van der Waals surface area contributed by atoms with Crippen molar-refractivity contribution in [1.29, 1.82) is 5.41 Å². The van der Waals surface area contributed by atoms with Gasteiger partial charge in [0, 0.05) is 12.0 Å². The van der Waals surface area contributed by atoms with Crippen molar-refractivity contribution in [1.82, 2.24) is 0 Å². The van der Waals surface area contributed by atoms with Gasteiger partial charge in [0.1, 0.15) is 11.6 Å². The SMILES string of the molecule is N=C(N)Cc1cc(F)cc(Cl)c1O. The lowest BCUT2D eigenvalue weighted by Crippen LogP contribution is -2.12. The van der Waals surface area contributed by atoms with E-state index in [1.165, 1.54) is 0 Å². The van der Waals surface area contributed by atoms with E-state index >= 15 is 0 Å². The van der Waals surface area contributed by atoms with Gasteiger partial charge in [-0.05, 0) is 12.1 Å². The molecule has 5 heteroatoms. The minimum Gasteiger partial charge on any atom is -0.506 e. The first-order valence-electron chi connectivity index (χ1n) is 3.50. The van der Waals surface area contributed by atoms with Crippen LogP contribution in [0.25, 0.3) is 0 Å². The molecule has 0 spiro atoms. The van der Waals surface area contributed by atoms with E-state index in [-0.39, 0.29) is 28.6 Å². The van der Waals surface area contributed by atoms with E-state index in [2.05, 4.69) is 0 Å². The van der Waals surface area contributed by atoms with Crippen LogP contribution >= 0.6 is 11.6 Å². The molecule has 13 heavy (non-hydrogen) atoms. The van der Waals surface area contributed by atoms with Gasteiger partial charge in [0.25, 0.3) is 0 Å². The molecule has 0 saturated carbocycles. The van der Waals surface area contributed by atoms with Crippen LogP contribution in [0.1, 0.15) is 5.56 Å². The zero-order valence-corrected chi connectivity index (χ0v) is 7.40. The number of phenols is 1. The van der Waals surface area contributed by atoms with Crippen molar-refractivity contribution in [2.24, 2.45) is 5.73 Å². The summed E-state index contributed by atoms with van der Waals surface area (Å²) in [5, 5.41) is 16.2. The molecule has 1 aromatic carbocycles. The number of nitrogens with one attached hydrogen (secondary N) is 1. The molecule has 0 atom stereocenters. The van der Waals surface area contributed by atoms with Crippen molar-refractivity contribution >= 4 is 17.4 Å². The molecule has 70 valence electrons. The van der Waals surface area contributed by atoms with Crippen molar-refractivity contribution < 1.29 is 9.50 Å². The van der Waals surface area contributed by atoms with Crippen molar-refractivity contribution in [3.05, 3.63) is 28.5 Å². The maximum atomic E-state index is 12.8. The van der Waals surface area contributed by atoms with Crippen LogP contribution in [0, 0.1) is 11.2 Å². The van der Waals surface area contributed by atoms with Crippen LogP contribution in [-0.4, -0.2) is 10.9 Å². The number of halogens is 2. The van der Waals surface area contributed by atoms with Gasteiger partial charge in [0.15, 0.2) is 0 Å². The predicted octanol–water partition coefficient (Wildman–Crippen LogP) is 1.66. The minimum absolute atomic E-state index is 0.0106. The zero-order chi connectivity index (χ0) is 10.0. The van der Waals surface area contributed by atoms with Gasteiger partial charge in [-0.1, -0.05) is 11.6 Å². The third kappa shape index (κ3) is 2.32. The summed E-state index contributed by atoms with van der Waals surface area (Å²) in [7, 11) is 0. The number of aromatic hydroxyl groups is 1. The molecule has 1 aromatic rings. The Hall–Kier alpha value is -1.29. The third-order valence-electron chi connectivity index (χ3n) is 1.49. The fourth-order valence-electron chi connectivity index (χ4n) is 0.959. The second kappa shape index (κ2) is 3.62. The number of hydrogen-bond donors (Lipinski definition) is 3. The van der Waals surface area contributed by atoms with Crippen LogP contribution in [0.3, 0.4) is 0 Å². The average Bonchev–Trinajstić information content (AvgIpc) is 1.98. The van der Waals surface area contributed by atoms with Gasteiger partial charge in [0.05, 0.1) is 10.9 Å². The van der Waals surface area contributed by atoms with E-state index in [4.69, 9.17) is 22.7 Å². The Bertz CT molecular complexity index is 354. The van der Waals surface area contributed by atoms with E-state index in [0.29, 0.717) is 0 Å². The highest BCUT2D eigenvalue weighted by Crippen LogP contribution is 2.28. The molecule has 0 heterocycles. The van der Waals surface area contributed by atoms with Gasteiger partial charge >= 0.3 is 0 Å². The summed E-state index contributed by atoms with van der Waals surface area (Å²) in [4.78, 5) is 0. The van der Waals surface area contributed by atoms with Crippen LogP contribution in [0.4, 0.5) is 4.39 Å². The van der Waals surface area contributed by atoms with Crippen molar-refractivity contribution in [3.63, 3.8) is 0 Å². The smallest absolute Gasteiger partial charge is 0.138 e. The first-order valence-corrected chi connectivity index (χ1v) is 3.88. The van der Waals surface area contributed by atoms with Gasteiger partial charge in [-0.15, -0.1) is 0 Å². The minimum atomic E-state index is -0.556. The van der Waals surface area contributed by atoms with E-state index in [0.717, 1.165) is 12.1 Å². The summed E-state index contributed by atoms with van der Waals surface area (Å²) >= 11 is 5.50. The lowest BCUT2D eigenvalue weighted by molar-refractivity contribution is 0.468. The van der Waals surface area contributed by atoms with Crippen LogP contribution in [-0.2, 0) is 6.42 Å². The Balaban J connectivity index is 3.12. The summed E-state index contributed by atoms with van der Waals surface area (Å²) in [5.41, 5.74) is 5.32. The molecule has 0 saturated heterocycles. The molecule has 0 aliphatic rings. The van der Waals surface area contributed by atoms with E-state index in [1.54, 1.807) is 0 Å². The summed E-state index contributed by atoms with van der Waals surface area (Å²) in [5.74, 6) is -0.936. The van der Waals surface area contributed by atoms with Gasteiger partial charge in [-0.3, -0.25) is 5.41 Å². The summed E-state index contributed by atoms with van der Waals surface area (Å²) < 4.78 is 12.8. The second-order valence-electron chi connectivity index (χ2n) is 2.60. The molecule has 1 rings (SSSR count). The molecule has 3 nitrogen and oxygen atoms in total. The average molecular weight is 203 g/mol. The molecule has 0 amide bonds. The van der Waals surface area contributed by atoms with Gasteiger partial charge in [0.2, 0.25) is 0 Å². The molecule has 0 unspecified atom stereocenters. The monoisotopic (exact) mass is 202 g/mol. The molecule has 0 bridgehead atoms. The normalized spacial score (nSPS) is 10.0. The number of amidine groups is 1. The van der Waals surface area contributed by atoms with Crippen molar-refractivity contribution in [2.75, 3.05) is 0 Å². The molecule has 0 fully saturated rings. The Morgan fingerprint density at radius 1 is 1.62 bits per heavy atom. The zero-order valence-electron chi connectivity index (χ0n) is 6.64. The lowest BCUT2D eigenvalue weighted by Gasteiger charge is -2.04. The topological polar surface area (TPSA) is 70.1 Å². The maximum Gasteiger partial charge on any atom is 0.138 e. The molecular weight excluding hydrogens is 195 g/mol. The van der Waals surface area contributed by atoms with Crippen LogP contribution < -0.4 is 5.73 Å². The highest BCUT2D eigenvalue weighted by molar-refractivity contribution is 6.32. The van der Waals surface area contributed by atoms with E-state index in [1.807, 2.05) is 0 Å². The first-order chi connectivity index (χ1) is 6.00. The molecule has 0 radical (unpaired) electrons. The van der Waals surface area contributed by atoms with Crippen LogP contribution in [0.5, 0.6) is 5.75 Å². The molecule has 0 aliphatic heterocycles. The van der Waals surface area contributed by atoms with Gasteiger partial charge < -0.3 is 10.8 Å². The molecule has 4 N–H and O–H groups in total. The van der Waals surface area contributed by atoms with E-state index < -0.39 is 5.82 Å². The fourth-order valence-corrected chi connectivity index (χ4v) is 1.18. The summed E-state index contributed by atoms with van der Waals surface area (Å²) in [6.45, 7) is 0. The fraction of sp³-hybridized carbons (Fsp3) is 0.125. The van der Waals surface area contributed by atoms with Gasteiger partial charge in [-0.25, -0.2) is 4.39 Å². The van der Waals surface area contributed by atoms with Crippen molar-refractivity contribution in [2.45, 2.75) is 6.42 Å². The maximum absolute atomic E-state index is 12.8. The Kier molecular flexibility index (Phi) is 2.72. The van der Waals surface area contributed by atoms with Crippen LogP contribution in [0.2, 0.25) is 5.02 Å². The van der Waals surface area contributed by atoms with E-state index in [9.17, 15) is 9.50 Å². The largest absolute Gasteiger partial charge is 0.506 e. The number of phenolic OH excluding ortho intramolecular Hbond substituents is 1. The Labute approximate surface area is 79.4 Å². The third-order valence-corrected chi connectivity index (χ3v) is 1.78. The molecule has 0 aromatic heterocycles. The first kappa shape index (κ1) is 9.80.